The molecule has 1 aromatic carbocycles. The fraction of sp³-hybridized carbons (Fsp3) is 0.385. The van der Waals surface area contributed by atoms with Gasteiger partial charge in [0.25, 0.3) is 0 Å². The van der Waals surface area contributed by atoms with Crippen LogP contribution < -0.4 is 0 Å². The standard InChI is InChI=1S/C13H16ClNO6S/c1-3-4-15(8-12(16)17)22(19,20)11-6-9(13(18)21-2)5-10(14)7-11/h5-7H,3-4,8H2,1-2H3,(H,16,17). The minimum atomic E-state index is -4.08. The van der Waals surface area contributed by atoms with Crippen molar-refractivity contribution in [2.24, 2.45) is 0 Å². The normalized spacial score (nSPS) is 11.5. The minimum Gasteiger partial charge on any atom is -0.480 e. The number of halogens is 1. The second-order valence-electron chi connectivity index (χ2n) is 4.40. The number of ether oxygens (including phenoxy) is 1. The van der Waals surface area contributed by atoms with Gasteiger partial charge in [-0.3, -0.25) is 4.79 Å². The molecule has 0 unspecified atom stereocenters. The number of aliphatic carboxylic acids is 1. The molecule has 9 heteroatoms. The van der Waals surface area contributed by atoms with E-state index >= 15 is 0 Å². The highest BCUT2D eigenvalue weighted by Gasteiger charge is 2.27. The first-order chi connectivity index (χ1) is 10.2. The lowest BCUT2D eigenvalue weighted by molar-refractivity contribution is -0.137. The van der Waals surface area contributed by atoms with E-state index < -0.39 is 28.5 Å². The van der Waals surface area contributed by atoms with E-state index in [4.69, 9.17) is 16.7 Å². The molecule has 7 nitrogen and oxygen atoms in total. The number of carboxylic acid groups (broad SMARTS) is 1. The molecular formula is C13H16ClNO6S. The maximum Gasteiger partial charge on any atom is 0.337 e. The van der Waals surface area contributed by atoms with Crippen molar-refractivity contribution in [2.45, 2.75) is 18.2 Å². The first-order valence-electron chi connectivity index (χ1n) is 6.33. The molecule has 0 aliphatic carbocycles. The maximum absolute atomic E-state index is 12.5. The molecule has 1 aromatic rings. The van der Waals surface area contributed by atoms with Crippen LogP contribution in [0.25, 0.3) is 0 Å². The van der Waals surface area contributed by atoms with E-state index in [0.29, 0.717) is 6.42 Å². The van der Waals surface area contributed by atoms with E-state index in [-0.39, 0.29) is 22.0 Å². The van der Waals surface area contributed by atoms with Gasteiger partial charge in [-0.2, -0.15) is 4.31 Å². The molecule has 1 rings (SSSR count). The highest BCUT2D eigenvalue weighted by atomic mass is 35.5. The van der Waals surface area contributed by atoms with Crippen molar-refractivity contribution in [3.63, 3.8) is 0 Å². The van der Waals surface area contributed by atoms with Crippen LogP contribution >= 0.6 is 11.6 Å². The molecule has 0 aliphatic rings. The minimum absolute atomic E-state index is 0.0275. The van der Waals surface area contributed by atoms with Gasteiger partial charge in [0.15, 0.2) is 0 Å². The third-order valence-electron chi connectivity index (χ3n) is 2.71. The molecule has 0 spiro atoms. The summed E-state index contributed by atoms with van der Waals surface area (Å²) in [4.78, 5) is 22.1. The third-order valence-corrected chi connectivity index (χ3v) is 4.76. The Morgan fingerprint density at radius 3 is 2.45 bits per heavy atom. The van der Waals surface area contributed by atoms with Crippen molar-refractivity contribution in [3.8, 4) is 0 Å². The van der Waals surface area contributed by atoms with Gasteiger partial charge in [-0.1, -0.05) is 18.5 Å². The van der Waals surface area contributed by atoms with E-state index in [9.17, 15) is 18.0 Å². The molecule has 0 aliphatic heterocycles. The predicted molar refractivity (Wildman–Crippen MR) is 79.5 cm³/mol. The van der Waals surface area contributed by atoms with Crippen molar-refractivity contribution in [1.29, 1.82) is 0 Å². The Bertz CT molecular complexity index is 673. The van der Waals surface area contributed by atoms with Crippen LogP contribution in [-0.2, 0) is 19.6 Å². The van der Waals surface area contributed by atoms with E-state index in [1.54, 1.807) is 6.92 Å². The summed E-state index contributed by atoms with van der Waals surface area (Å²) < 4.78 is 30.4. The molecule has 0 atom stereocenters. The number of carbonyl (C=O) groups excluding carboxylic acids is 1. The number of hydrogen-bond acceptors (Lipinski definition) is 5. The van der Waals surface area contributed by atoms with Crippen molar-refractivity contribution < 1.29 is 27.9 Å². The third kappa shape index (κ3) is 4.43. The number of esters is 1. The Morgan fingerprint density at radius 1 is 1.32 bits per heavy atom. The quantitative estimate of drug-likeness (QED) is 0.750. The van der Waals surface area contributed by atoms with Crippen molar-refractivity contribution in [2.75, 3.05) is 20.2 Å². The Labute approximate surface area is 133 Å². The molecule has 1 N–H and O–H groups in total. The SMILES string of the molecule is CCCN(CC(=O)O)S(=O)(=O)c1cc(Cl)cc(C(=O)OC)c1. The average Bonchev–Trinajstić information content (AvgIpc) is 2.44. The molecule has 0 saturated heterocycles. The van der Waals surface area contributed by atoms with Crippen molar-refractivity contribution >= 4 is 33.6 Å². The summed E-state index contributed by atoms with van der Waals surface area (Å²) in [5.74, 6) is -2.01. The van der Waals surface area contributed by atoms with Gasteiger partial charge < -0.3 is 9.84 Å². The van der Waals surface area contributed by atoms with E-state index in [1.807, 2.05) is 0 Å². The molecule has 0 amide bonds. The number of sulfonamides is 1. The van der Waals surface area contributed by atoms with Crippen LogP contribution in [0.3, 0.4) is 0 Å². The summed E-state index contributed by atoms with van der Waals surface area (Å²) in [6.07, 6.45) is 0.441. The molecular weight excluding hydrogens is 334 g/mol. The molecule has 0 saturated carbocycles. The van der Waals surface area contributed by atoms with Crippen LogP contribution in [0.4, 0.5) is 0 Å². The van der Waals surface area contributed by atoms with Crippen molar-refractivity contribution in [3.05, 3.63) is 28.8 Å². The Kier molecular flexibility index (Phi) is 6.34. The van der Waals surface area contributed by atoms with Crippen LogP contribution in [-0.4, -0.2) is 50.0 Å². The number of carboxylic acids is 1. The predicted octanol–water partition coefficient (Wildman–Crippen LogP) is 1.61. The van der Waals surface area contributed by atoms with Crippen molar-refractivity contribution in [1.82, 2.24) is 4.31 Å². The Balaban J connectivity index is 3.33. The smallest absolute Gasteiger partial charge is 0.337 e. The second kappa shape index (κ2) is 7.57. The number of rotatable bonds is 7. The lowest BCUT2D eigenvalue weighted by Gasteiger charge is -2.20. The van der Waals surface area contributed by atoms with Gasteiger partial charge in [-0.05, 0) is 24.6 Å². The topological polar surface area (TPSA) is 101 Å². The van der Waals surface area contributed by atoms with Gasteiger partial charge in [0.1, 0.15) is 6.54 Å². The largest absolute Gasteiger partial charge is 0.480 e. The maximum atomic E-state index is 12.5. The molecule has 22 heavy (non-hydrogen) atoms. The fourth-order valence-electron chi connectivity index (χ4n) is 1.78. The van der Waals surface area contributed by atoms with Gasteiger partial charge in [0.05, 0.1) is 17.6 Å². The summed E-state index contributed by atoms with van der Waals surface area (Å²) in [7, 11) is -2.93. The van der Waals surface area contributed by atoms with Crippen LogP contribution in [0.2, 0.25) is 5.02 Å². The van der Waals surface area contributed by atoms with Crippen LogP contribution in [0.1, 0.15) is 23.7 Å². The van der Waals surface area contributed by atoms with E-state index in [1.165, 1.54) is 6.07 Å². The van der Waals surface area contributed by atoms with Crippen LogP contribution in [0.15, 0.2) is 23.1 Å². The highest BCUT2D eigenvalue weighted by Crippen LogP contribution is 2.23. The number of nitrogens with zero attached hydrogens (tertiary/aromatic N) is 1. The molecule has 0 fully saturated rings. The summed E-state index contributed by atoms with van der Waals surface area (Å²) in [5.41, 5.74) is -0.0275. The van der Waals surface area contributed by atoms with E-state index in [2.05, 4.69) is 4.74 Å². The van der Waals surface area contributed by atoms with Crippen LogP contribution in [0, 0.1) is 0 Å². The summed E-state index contributed by atoms with van der Waals surface area (Å²) >= 11 is 5.84. The Hall–Kier alpha value is -1.64. The summed E-state index contributed by atoms with van der Waals surface area (Å²) in [5, 5.41) is 8.89. The number of benzene rings is 1. The van der Waals surface area contributed by atoms with Gasteiger partial charge >= 0.3 is 11.9 Å². The zero-order chi connectivity index (χ0) is 16.9. The van der Waals surface area contributed by atoms with Gasteiger partial charge in [0, 0.05) is 11.6 Å². The summed E-state index contributed by atoms with van der Waals surface area (Å²) in [6.45, 7) is 1.09. The lowest BCUT2D eigenvalue weighted by Crippen LogP contribution is -2.36. The van der Waals surface area contributed by atoms with Gasteiger partial charge in [0.2, 0.25) is 10.0 Å². The Morgan fingerprint density at radius 2 is 1.95 bits per heavy atom. The molecule has 122 valence electrons. The molecule has 0 aromatic heterocycles. The number of hydrogen-bond donors (Lipinski definition) is 1. The van der Waals surface area contributed by atoms with Gasteiger partial charge in [-0.15, -0.1) is 0 Å². The highest BCUT2D eigenvalue weighted by molar-refractivity contribution is 7.89. The zero-order valence-electron chi connectivity index (χ0n) is 12.1. The number of carbonyl (C=O) groups is 2. The fourth-order valence-corrected chi connectivity index (χ4v) is 3.63. The molecule has 0 heterocycles. The van der Waals surface area contributed by atoms with Gasteiger partial charge in [-0.25, -0.2) is 13.2 Å². The zero-order valence-corrected chi connectivity index (χ0v) is 13.6. The monoisotopic (exact) mass is 349 g/mol. The number of methoxy groups -OCH3 is 1. The first-order valence-corrected chi connectivity index (χ1v) is 8.15. The van der Waals surface area contributed by atoms with Crippen LogP contribution in [0.5, 0.6) is 0 Å². The molecule has 0 bridgehead atoms. The average molecular weight is 350 g/mol. The van der Waals surface area contributed by atoms with E-state index in [0.717, 1.165) is 23.5 Å². The first kappa shape index (κ1) is 18.4. The second-order valence-corrected chi connectivity index (χ2v) is 6.77. The summed E-state index contributed by atoms with van der Waals surface area (Å²) in [6, 6.07) is 3.54. The lowest BCUT2D eigenvalue weighted by atomic mass is 10.2. The molecule has 0 radical (unpaired) electrons.